The standard InChI is InChI=1S/C18H17N3O7/c1-2-26-15-8-12(21(24)25)7-11(17(15)22)9-19-20-18(23)16-10-27-13-5-3-4-6-14(13)28-16/h3-9,16,22H,2,10H2,1H3,(H,20,23)/b19-9-/t16-/m1/s1. The highest BCUT2D eigenvalue weighted by atomic mass is 16.6. The molecule has 0 unspecified atom stereocenters. The Balaban J connectivity index is 1.70. The van der Waals surface area contributed by atoms with Crippen molar-refractivity contribution in [2.24, 2.45) is 5.10 Å². The zero-order chi connectivity index (χ0) is 20.1. The zero-order valence-corrected chi connectivity index (χ0v) is 14.8. The van der Waals surface area contributed by atoms with E-state index in [0.29, 0.717) is 11.5 Å². The molecule has 1 heterocycles. The Hall–Kier alpha value is -3.82. The van der Waals surface area contributed by atoms with Crippen LogP contribution in [0.2, 0.25) is 0 Å². The van der Waals surface area contributed by atoms with Crippen molar-refractivity contribution in [1.29, 1.82) is 0 Å². The Morgan fingerprint density at radius 1 is 1.43 bits per heavy atom. The molecule has 0 aliphatic carbocycles. The first-order chi connectivity index (χ1) is 13.5. The predicted octanol–water partition coefficient (Wildman–Crippen LogP) is 1.99. The third kappa shape index (κ3) is 4.11. The van der Waals surface area contributed by atoms with Gasteiger partial charge < -0.3 is 19.3 Å². The average Bonchev–Trinajstić information content (AvgIpc) is 2.70. The third-order valence-corrected chi connectivity index (χ3v) is 3.78. The second-order valence-corrected chi connectivity index (χ2v) is 5.67. The number of para-hydroxylation sites is 2. The van der Waals surface area contributed by atoms with Crippen LogP contribution in [0.1, 0.15) is 12.5 Å². The molecular formula is C18H17N3O7. The molecule has 146 valence electrons. The summed E-state index contributed by atoms with van der Waals surface area (Å²) in [6, 6.07) is 9.16. The number of non-ortho nitro benzene ring substituents is 1. The molecule has 1 atom stereocenters. The van der Waals surface area contributed by atoms with Crippen LogP contribution in [0.15, 0.2) is 41.5 Å². The molecule has 0 saturated heterocycles. The number of fused-ring (bicyclic) bond motifs is 1. The Morgan fingerprint density at radius 2 is 2.18 bits per heavy atom. The van der Waals surface area contributed by atoms with Gasteiger partial charge in [-0.05, 0) is 19.1 Å². The quantitative estimate of drug-likeness (QED) is 0.440. The Morgan fingerprint density at radius 3 is 2.89 bits per heavy atom. The molecule has 3 rings (SSSR count). The SMILES string of the molecule is CCOc1cc([N+](=O)[O-])cc(/C=N\NC(=O)[C@H]2COc3ccccc3O2)c1O. The number of rotatable bonds is 6. The normalized spacial score (nSPS) is 15.2. The first kappa shape index (κ1) is 19.0. The summed E-state index contributed by atoms with van der Waals surface area (Å²) in [5, 5.41) is 24.9. The fourth-order valence-corrected chi connectivity index (χ4v) is 2.47. The number of nitrogens with one attached hydrogen (secondary N) is 1. The first-order valence-electron chi connectivity index (χ1n) is 8.35. The number of nitro benzene ring substituents is 1. The maximum absolute atomic E-state index is 12.2. The fourth-order valence-electron chi connectivity index (χ4n) is 2.47. The van der Waals surface area contributed by atoms with Gasteiger partial charge in [-0.3, -0.25) is 14.9 Å². The number of hydrogen-bond acceptors (Lipinski definition) is 8. The summed E-state index contributed by atoms with van der Waals surface area (Å²) in [6.45, 7) is 1.90. The minimum atomic E-state index is -0.912. The molecule has 0 spiro atoms. The number of carbonyl (C=O) groups is 1. The number of hydrazone groups is 1. The van der Waals surface area contributed by atoms with Crippen molar-refractivity contribution in [3.05, 3.63) is 52.1 Å². The minimum absolute atomic E-state index is 0.00884. The first-order valence-corrected chi connectivity index (χ1v) is 8.35. The molecule has 0 radical (unpaired) electrons. The van der Waals surface area contributed by atoms with E-state index in [4.69, 9.17) is 14.2 Å². The van der Waals surface area contributed by atoms with E-state index in [9.17, 15) is 20.0 Å². The third-order valence-electron chi connectivity index (χ3n) is 3.78. The van der Waals surface area contributed by atoms with Crippen LogP contribution in [0.25, 0.3) is 0 Å². The summed E-state index contributed by atoms with van der Waals surface area (Å²) in [4.78, 5) is 22.6. The summed E-state index contributed by atoms with van der Waals surface area (Å²) < 4.78 is 16.2. The molecule has 1 amide bonds. The van der Waals surface area contributed by atoms with Crippen LogP contribution in [-0.2, 0) is 4.79 Å². The molecule has 0 aromatic heterocycles. The van der Waals surface area contributed by atoms with E-state index in [0.717, 1.165) is 18.3 Å². The molecule has 2 aromatic rings. The van der Waals surface area contributed by atoms with Crippen LogP contribution in [-0.4, -0.2) is 41.5 Å². The molecule has 1 aliphatic rings. The molecule has 0 bridgehead atoms. The van der Waals surface area contributed by atoms with E-state index in [-0.39, 0.29) is 36.0 Å². The Labute approximate surface area is 159 Å². The van der Waals surface area contributed by atoms with Gasteiger partial charge in [0.25, 0.3) is 11.6 Å². The lowest BCUT2D eigenvalue weighted by atomic mass is 10.1. The summed E-state index contributed by atoms with van der Waals surface area (Å²) >= 11 is 0. The van der Waals surface area contributed by atoms with Gasteiger partial charge in [-0.25, -0.2) is 5.43 Å². The molecule has 2 N–H and O–H groups in total. The maximum Gasteiger partial charge on any atom is 0.284 e. The van der Waals surface area contributed by atoms with E-state index in [1.54, 1.807) is 31.2 Å². The van der Waals surface area contributed by atoms with Crippen LogP contribution in [0.4, 0.5) is 5.69 Å². The van der Waals surface area contributed by atoms with Crippen LogP contribution in [0.3, 0.4) is 0 Å². The van der Waals surface area contributed by atoms with Gasteiger partial charge in [0.2, 0.25) is 6.10 Å². The van der Waals surface area contributed by atoms with Gasteiger partial charge in [0.1, 0.15) is 6.61 Å². The second-order valence-electron chi connectivity index (χ2n) is 5.67. The lowest BCUT2D eigenvalue weighted by Crippen LogP contribution is -2.42. The molecule has 0 saturated carbocycles. The molecule has 1 aliphatic heterocycles. The average molecular weight is 387 g/mol. The number of ether oxygens (including phenoxy) is 3. The van der Waals surface area contributed by atoms with Crippen molar-refractivity contribution in [2.75, 3.05) is 13.2 Å². The highest BCUT2D eigenvalue weighted by molar-refractivity contribution is 5.88. The van der Waals surface area contributed by atoms with E-state index >= 15 is 0 Å². The van der Waals surface area contributed by atoms with E-state index in [2.05, 4.69) is 10.5 Å². The monoisotopic (exact) mass is 387 g/mol. The van der Waals surface area contributed by atoms with Gasteiger partial charge in [-0.15, -0.1) is 0 Å². The van der Waals surface area contributed by atoms with Crippen LogP contribution in [0, 0.1) is 10.1 Å². The molecule has 10 nitrogen and oxygen atoms in total. The largest absolute Gasteiger partial charge is 0.504 e. The number of hydrogen-bond donors (Lipinski definition) is 2. The number of carbonyl (C=O) groups excluding carboxylic acids is 1. The van der Waals surface area contributed by atoms with E-state index in [1.165, 1.54) is 0 Å². The van der Waals surface area contributed by atoms with Crippen molar-refractivity contribution in [3.8, 4) is 23.0 Å². The minimum Gasteiger partial charge on any atom is -0.504 e. The topological polar surface area (TPSA) is 133 Å². The fraction of sp³-hybridized carbons (Fsp3) is 0.222. The summed E-state index contributed by atoms with van der Waals surface area (Å²) in [5.74, 6) is 0.0398. The maximum atomic E-state index is 12.2. The number of nitrogens with zero attached hydrogens (tertiary/aromatic N) is 2. The Kier molecular flexibility index (Phi) is 5.58. The smallest absolute Gasteiger partial charge is 0.284 e. The van der Waals surface area contributed by atoms with Crippen molar-refractivity contribution >= 4 is 17.8 Å². The van der Waals surface area contributed by atoms with Gasteiger partial charge in [0.15, 0.2) is 23.0 Å². The highest BCUT2D eigenvalue weighted by Gasteiger charge is 2.27. The van der Waals surface area contributed by atoms with Gasteiger partial charge in [0.05, 0.1) is 23.8 Å². The lowest BCUT2D eigenvalue weighted by molar-refractivity contribution is -0.385. The molecule has 28 heavy (non-hydrogen) atoms. The zero-order valence-electron chi connectivity index (χ0n) is 14.8. The van der Waals surface area contributed by atoms with E-state index in [1.807, 2.05) is 0 Å². The van der Waals surface area contributed by atoms with Crippen LogP contribution in [0.5, 0.6) is 23.0 Å². The van der Waals surface area contributed by atoms with Crippen molar-refractivity contribution in [3.63, 3.8) is 0 Å². The molecule has 2 aromatic carbocycles. The van der Waals surface area contributed by atoms with Crippen LogP contribution >= 0.6 is 0 Å². The van der Waals surface area contributed by atoms with Crippen molar-refractivity contribution < 1.29 is 29.0 Å². The van der Waals surface area contributed by atoms with Crippen molar-refractivity contribution in [1.82, 2.24) is 5.43 Å². The number of aromatic hydroxyl groups is 1. The summed E-state index contributed by atoms with van der Waals surface area (Å²) in [6.07, 6.45) is 0.171. The second kappa shape index (κ2) is 8.25. The number of benzene rings is 2. The van der Waals surface area contributed by atoms with Gasteiger partial charge in [-0.1, -0.05) is 12.1 Å². The van der Waals surface area contributed by atoms with Gasteiger partial charge in [-0.2, -0.15) is 5.10 Å². The number of amides is 1. The van der Waals surface area contributed by atoms with Crippen LogP contribution < -0.4 is 19.6 Å². The number of phenols is 1. The predicted molar refractivity (Wildman–Crippen MR) is 98.0 cm³/mol. The number of phenolic OH excluding ortho intramolecular Hbond substituents is 1. The van der Waals surface area contributed by atoms with Gasteiger partial charge in [0, 0.05) is 11.6 Å². The highest BCUT2D eigenvalue weighted by Crippen LogP contribution is 2.34. The van der Waals surface area contributed by atoms with E-state index < -0.39 is 16.9 Å². The number of nitro groups is 1. The molecular weight excluding hydrogens is 370 g/mol. The molecule has 0 fully saturated rings. The lowest BCUT2D eigenvalue weighted by Gasteiger charge is -2.24. The summed E-state index contributed by atoms with van der Waals surface area (Å²) in [7, 11) is 0. The van der Waals surface area contributed by atoms with Gasteiger partial charge >= 0.3 is 0 Å². The molecule has 10 heteroatoms. The Bertz CT molecular complexity index is 929. The van der Waals surface area contributed by atoms with Crippen molar-refractivity contribution in [2.45, 2.75) is 13.0 Å². The summed E-state index contributed by atoms with van der Waals surface area (Å²) in [5.41, 5.74) is 2.00.